The van der Waals surface area contributed by atoms with Gasteiger partial charge >= 0.3 is 0 Å². The van der Waals surface area contributed by atoms with Crippen molar-refractivity contribution in [2.45, 2.75) is 45.2 Å². The van der Waals surface area contributed by atoms with Gasteiger partial charge in [-0.15, -0.1) is 0 Å². The number of hydrogen-bond donors (Lipinski definition) is 1. The third-order valence-electron chi connectivity index (χ3n) is 7.92. The van der Waals surface area contributed by atoms with Crippen molar-refractivity contribution in [3.63, 3.8) is 0 Å². The molecule has 1 spiro atoms. The second-order valence-electron chi connectivity index (χ2n) is 9.53. The van der Waals surface area contributed by atoms with E-state index in [0.29, 0.717) is 22.8 Å². The number of anilines is 2. The van der Waals surface area contributed by atoms with E-state index in [2.05, 4.69) is 10.2 Å². The fourth-order valence-electron chi connectivity index (χ4n) is 6.74. The molecule has 0 aromatic heterocycles. The summed E-state index contributed by atoms with van der Waals surface area (Å²) in [4.78, 5) is 45.0. The van der Waals surface area contributed by atoms with Gasteiger partial charge in [-0.3, -0.25) is 19.3 Å². The molecule has 7 heteroatoms. The summed E-state index contributed by atoms with van der Waals surface area (Å²) in [5.41, 5.74) is 3.69. The second-order valence-corrected chi connectivity index (χ2v) is 9.93. The topological polar surface area (TPSA) is 69.7 Å². The molecule has 4 aliphatic rings. The number of carbonyl (C=O) groups is 3. The zero-order valence-corrected chi connectivity index (χ0v) is 19.0. The standard InChI is InChI=1S/C25H24ClN3O3/c1-12-10-13(2)21-15(11-12)25(24(32)27-21)20-19(18-8-5-9-28(18)25)22(30)29(23(20)31)17-7-4-6-16(26)14(17)3/h4,6-7,10-11,18-20H,5,8-9H2,1-3H3,(H,27,32)/t18-,19+,20+,25-/m1/s1. The average molecular weight is 450 g/mol. The normalized spacial score (nSPS) is 30.8. The number of nitrogens with zero attached hydrogens (tertiary/aromatic N) is 2. The molecule has 2 aromatic rings. The van der Waals surface area contributed by atoms with Crippen LogP contribution in [0.3, 0.4) is 0 Å². The summed E-state index contributed by atoms with van der Waals surface area (Å²) < 4.78 is 0. The molecule has 3 amide bonds. The number of rotatable bonds is 1. The summed E-state index contributed by atoms with van der Waals surface area (Å²) in [6.45, 7) is 6.49. The SMILES string of the molecule is Cc1cc(C)c2c(c1)[C@]1(C(=O)N2)[C@@H]2C(=O)N(c3cccc(Cl)c3C)C(=O)[C@H]2[C@H]2CCCN21. The van der Waals surface area contributed by atoms with Crippen molar-refractivity contribution in [3.05, 3.63) is 57.6 Å². The molecular formula is C25H24ClN3O3. The van der Waals surface area contributed by atoms with Gasteiger partial charge in [-0.1, -0.05) is 35.4 Å². The van der Waals surface area contributed by atoms with Gasteiger partial charge in [0.15, 0.2) is 0 Å². The molecule has 2 aromatic carbocycles. The molecule has 3 fully saturated rings. The molecule has 0 bridgehead atoms. The number of imide groups is 1. The average Bonchev–Trinajstić information content (AvgIpc) is 3.44. The minimum atomic E-state index is -1.15. The Balaban J connectivity index is 1.59. The third-order valence-corrected chi connectivity index (χ3v) is 8.33. The predicted octanol–water partition coefficient (Wildman–Crippen LogP) is 3.70. The zero-order chi connectivity index (χ0) is 22.5. The van der Waals surface area contributed by atoms with Crippen LogP contribution >= 0.6 is 11.6 Å². The number of fused-ring (bicyclic) bond motifs is 7. The van der Waals surface area contributed by atoms with Crippen molar-refractivity contribution in [2.75, 3.05) is 16.8 Å². The second kappa shape index (κ2) is 6.42. The van der Waals surface area contributed by atoms with Crippen LogP contribution < -0.4 is 10.2 Å². The van der Waals surface area contributed by atoms with E-state index in [1.807, 2.05) is 32.9 Å². The summed E-state index contributed by atoms with van der Waals surface area (Å²) in [7, 11) is 0. The first-order valence-electron chi connectivity index (χ1n) is 11.1. The van der Waals surface area contributed by atoms with Crippen LogP contribution in [-0.2, 0) is 19.9 Å². The molecule has 32 heavy (non-hydrogen) atoms. The molecule has 0 unspecified atom stereocenters. The van der Waals surface area contributed by atoms with Crippen LogP contribution in [0.5, 0.6) is 0 Å². The molecule has 4 heterocycles. The fraction of sp³-hybridized carbons (Fsp3) is 0.400. The highest BCUT2D eigenvalue weighted by atomic mass is 35.5. The number of benzene rings is 2. The first-order valence-corrected chi connectivity index (χ1v) is 11.5. The highest BCUT2D eigenvalue weighted by molar-refractivity contribution is 6.32. The zero-order valence-electron chi connectivity index (χ0n) is 18.2. The number of nitrogens with one attached hydrogen (secondary N) is 1. The predicted molar refractivity (Wildman–Crippen MR) is 122 cm³/mol. The monoisotopic (exact) mass is 449 g/mol. The van der Waals surface area contributed by atoms with Crippen LogP contribution in [0.25, 0.3) is 0 Å². The van der Waals surface area contributed by atoms with Crippen LogP contribution in [-0.4, -0.2) is 35.2 Å². The van der Waals surface area contributed by atoms with Crippen molar-refractivity contribution >= 4 is 40.7 Å². The van der Waals surface area contributed by atoms with Crippen molar-refractivity contribution in [2.24, 2.45) is 11.8 Å². The Morgan fingerprint density at radius 3 is 2.66 bits per heavy atom. The van der Waals surface area contributed by atoms with E-state index in [0.717, 1.165) is 35.2 Å². The van der Waals surface area contributed by atoms with E-state index in [1.165, 1.54) is 4.90 Å². The maximum absolute atomic E-state index is 14.0. The van der Waals surface area contributed by atoms with Gasteiger partial charge in [0.25, 0.3) is 0 Å². The molecule has 1 N–H and O–H groups in total. The van der Waals surface area contributed by atoms with Gasteiger partial charge in [-0.2, -0.15) is 0 Å². The van der Waals surface area contributed by atoms with Gasteiger partial charge in [0.1, 0.15) is 5.54 Å². The number of amides is 3. The summed E-state index contributed by atoms with van der Waals surface area (Å²) in [6.07, 6.45) is 1.71. The molecule has 0 aliphatic carbocycles. The van der Waals surface area contributed by atoms with E-state index < -0.39 is 17.4 Å². The van der Waals surface area contributed by atoms with Crippen LogP contribution in [0, 0.1) is 32.6 Å². The quantitative estimate of drug-likeness (QED) is 0.674. The number of halogens is 1. The molecule has 4 aliphatic heterocycles. The van der Waals surface area contributed by atoms with Crippen molar-refractivity contribution < 1.29 is 14.4 Å². The molecular weight excluding hydrogens is 426 g/mol. The smallest absolute Gasteiger partial charge is 0.250 e. The van der Waals surface area contributed by atoms with Crippen molar-refractivity contribution in [1.82, 2.24) is 4.90 Å². The number of hydrogen-bond acceptors (Lipinski definition) is 4. The van der Waals surface area contributed by atoms with Gasteiger partial charge in [-0.25, -0.2) is 4.90 Å². The molecule has 4 atom stereocenters. The Bertz CT molecular complexity index is 1240. The van der Waals surface area contributed by atoms with Crippen LogP contribution in [0.15, 0.2) is 30.3 Å². The summed E-state index contributed by atoms with van der Waals surface area (Å²) in [6, 6.07) is 9.19. The van der Waals surface area contributed by atoms with Gasteiger partial charge in [0, 0.05) is 22.3 Å². The highest BCUT2D eigenvalue weighted by Gasteiger charge is 2.74. The molecule has 164 valence electrons. The maximum atomic E-state index is 14.0. The Morgan fingerprint density at radius 2 is 1.88 bits per heavy atom. The molecule has 3 saturated heterocycles. The Hall–Kier alpha value is -2.70. The Labute approximate surface area is 191 Å². The summed E-state index contributed by atoms with van der Waals surface area (Å²) >= 11 is 6.32. The number of carbonyl (C=O) groups excluding carboxylic acids is 3. The van der Waals surface area contributed by atoms with E-state index in [1.54, 1.807) is 18.2 Å². The lowest BCUT2D eigenvalue weighted by molar-refractivity contribution is -0.135. The van der Waals surface area contributed by atoms with E-state index in [4.69, 9.17) is 11.6 Å². The van der Waals surface area contributed by atoms with Crippen LogP contribution in [0.4, 0.5) is 11.4 Å². The largest absolute Gasteiger partial charge is 0.324 e. The molecule has 6 nitrogen and oxygen atoms in total. The van der Waals surface area contributed by atoms with Gasteiger partial charge < -0.3 is 5.32 Å². The third kappa shape index (κ3) is 2.17. The lowest BCUT2D eigenvalue weighted by Gasteiger charge is -2.37. The first kappa shape index (κ1) is 19.9. The van der Waals surface area contributed by atoms with Gasteiger partial charge in [0.2, 0.25) is 17.7 Å². The van der Waals surface area contributed by atoms with E-state index in [9.17, 15) is 14.4 Å². The minimum absolute atomic E-state index is 0.126. The molecule has 6 rings (SSSR count). The van der Waals surface area contributed by atoms with Crippen molar-refractivity contribution in [3.8, 4) is 0 Å². The van der Waals surface area contributed by atoms with E-state index in [-0.39, 0.29) is 23.8 Å². The van der Waals surface area contributed by atoms with E-state index >= 15 is 0 Å². The van der Waals surface area contributed by atoms with Crippen molar-refractivity contribution in [1.29, 1.82) is 0 Å². The lowest BCUT2D eigenvalue weighted by atomic mass is 9.75. The molecule has 0 saturated carbocycles. The Morgan fingerprint density at radius 1 is 1.09 bits per heavy atom. The lowest BCUT2D eigenvalue weighted by Crippen LogP contribution is -2.54. The highest BCUT2D eigenvalue weighted by Crippen LogP contribution is 2.61. The summed E-state index contributed by atoms with van der Waals surface area (Å²) in [5.74, 6) is -2.00. The number of aryl methyl sites for hydroxylation is 2. The van der Waals surface area contributed by atoms with Gasteiger partial charge in [0.05, 0.1) is 17.5 Å². The van der Waals surface area contributed by atoms with Crippen LogP contribution in [0.2, 0.25) is 5.02 Å². The fourth-order valence-corrected chi connectivity index (χ4v) is 6.91. The van der Waals surface area contributed by atoms with Gasteiger partial charge in [-0.05, 0) is 63.4 Å². The Kier molecular flexibility index (Phi) is 4.00. The maximum Gasteiger partial charge on any atom is 0.250 e. The first-order chi connectivity index (χ1) is 15.3. The molecule has 0 radical (unpaired) electrons. The van der Waals surface area contributed by atoms with Crippen LogP contribution in [0.1, 0.15) is 35.1 Å². The minimum Gasteiger partial charge on any atom is -0.324 e. The summed E-state index contributed by atoms with van der Waals surface area (Å²) in [5, 5.41) is 3.58.